The van der Waals surface area contributed by atoms with Crippen LogP contribution in [0.3, 0.4) is 0 Å². The third kappa shape index (κ3) is 7.45. The van der Waals surface area contributed by atoms with Crippen molar-refractivity contribution in [2.75, 3.05) is 0 Å². The van der Waals surface area contributed by atoms with Gasteiger partial charge < -0.3 is 10.2 Å². The van der Waals surface area contributed by atoms with E-state index in [2.05, 4.69) is 25.3 Å². The molecule has 0 aromatic rings. The molecule has 0 rings (SSSR count). The molecule has 0 amide bonds. The Morgan fingerprint density at radius 1 is 1.00 bits per heavy atom. The molecule has 7 heteroatoms. The van der Waals surface area contributed by atoms with Crippen LogP contribution in [0.25, 0.3) is 0 Å². The molecule has 13 heavy (non-hydrogen) atoms. The Morgan fingerprint density at radius 2 is 1.23 bits per heavy atom. The summed E-state index contributed by atoms with van der Waals surface area (Å²) >= 11 is 7.48. The Bertz CT molecular complexity index is 167. The van der Waals surface area contributed by atoms with Crippen LogP contribution in [0.4, 0.5) is 0 Å². The van der Waals surface area contributed by atoms with Gasteiger partial charge in [-0.15, -0.1) is 0 Å². The minimum absolute atomic E-state index is 0. The zero-order valence-corrected chi connectivity index (χ0v) is 10.4. The molecule has 0 aliphatic heterocycles. The van der Waals surface area contributed by atoms with E-state index in [-0.39, 0.29) is 35.2 Å². The van der Waals surface area contributed by atoms with E-state index in [9.17, 15) is 9.59 Å². The molecule has 0 saturated carbocycles. The van der Waals surface area contributed by atoms with Crippen LogP contribution in [0.2, 0.25) is 0 Å². The van der Waals surface area contributed by atoms with Crippen molar-refractivity contribution < 1.29 is 42.2 Å². The number of carboxylic acid groups (broad SMARTS) is 2. The number of rotatable bonds is 5. The largest absolute Gasteiger partial charge is 0.480 e. The van der Waals surface area contributed by atoms with Gasteiger partial charge in [-0.2, -0.15) is 25.3 Å². The number of thiol groups is 2. The maximum absolute atomic E-state index is 10.2. The third-order valence-electron chi connectivity index (χ3n) is 1.28. The number of hydrogen-bond acceptors (Lipinski definition) is 4. The summed E-state index contributed by atoms with van der Waals surface area (Å²) in [6.07, 6.45) is 0.415. The van der Waals surface area contributed by atoms with Crippen LogP contribution in [0.15, 0.2) is 0 Å². The maximum atomic E-state index is 10.2. The summed E-state index contributed by atoms with van der Waals surface area (Å²) in [6.45, 7) is 0. The summed E-state index contributed by atoms with van der Waals surface area (Å²) in [7, 11) is 0. The quantitative estimate of drug-likeness (QED) is 0.397. The summed E-state index contributed by atoms with van der Waals surface area (Å²) in [6, 6.07) is 0. The predicted octanol–water partition coefficient (Wildman–Crippen LogP) is 0.530. The zero-order valence-electron chi connectivity index (χ0n) is 6.48. The van der Waals surface area contributed by atoms with Gasteiger partial charge in [0.05, 0.1) is 10.5 Å². The Hall–Kier alpha value is 0.380. The van der Waals surface area contributed by atoms with Gasteiger partial charge in [0, 0.05) is 22.4 Å². The SMILES string of the molecule is O=C(O)C(S)CCC(S)C(=O)O.[Au]. The van der Waals surface area contributed by atoms with E-state index in [0.717, 1.165) is 0 Å². The van der Waals surface area contributed by atoms with Crippen molar-refractivity contribution in [1.82, 2.24) is 0 Å². The van der Waals surface area contributed by atoms with E-state index in [1.54, 1.807) is 0 Å². The minimum atomic E-state index is -1.04. The second kappa shape index (κ2) is 7.75. The van der Waals surface area contributed by atoms with E-state index in [0.29, 0.717) is 0 Å². The Balaban J connectivity index is 0. The molecular weight excluding hydrogens is 397 g/mol. The molecule has 0 heterocycles. The van der Waals surface area contributed by atoms with Crippen LogP contribution < -0.4 is 0 Å². The number of carbonyl (C=O) groups is 2. The molecular formula is C6H10AuO4S2. The first-order valence-corrected chi connectivity index (χ1v) is 4.30. The Kier molecular flexibility index (Phi) is 9.44. The van der Waals surface area contributed by atoms with Gasteiger partial charge in [-0.3, -0.25) is 9.59 Å². The Morgan fingerprint density at radius 3 is 1.38 bits per heavy atom. The van der Waals surface area contributed by atoms with Crippen LogP contribution in [-0.4, -0.2) is 32.7 Å². The van der Waals surface area contributed by atoms with Gasteiger partial charge in [0.25, 0.3) is 0 Å². The van der Waals surface area contributed by atoms with Gasteiger partial charge in [0.2, 0.25) is 0 Å². The van der Waals surface area contributed by atoms with Crippen LogP contribution >= 0.6 is 25.3 Å². The molecule has 0 spiro atoms. The molecule has 81 valence electrons. The third-order valence-corrected chi connectivity index (χ3v) is 2.24. The summed E-state index contributed by atoms with van der Waals surface area (Å²) in [4.78, 5) is 20.5. The van der Waals surface area contributed by atoms with Crippen molar-refractivity contribution in [2.24, 2.45) is 0 Å². The normalized spacial score (nSPS) is 14.0. The van der Waals surface area contributed by atoms with Gasteiger partial charge >= 0.3 is 11.9 Å². The fraction of sp³-hybridized carbons (Fsp3) is 0.667. The summed E-state index contributed by atoms with van der Waals surface area (Å²) in [5.41, 5.74) is 0. The van der Waals surface area contributed by atoms with Crippen LogP contribution in [-0.2, 0) is 32.0 Å². The molecule has 2 unspecified atom stereocenters. The standard InChI is InChI=1S/C6H10O4S2.Au/c7-5(8)3(11)1-2-4(12)6(9)10;/h3-4,11-12H,1-2H2,(H,7,8)(H,9,10);. The molecule has 0 aromatic heterocycles. The summed E-state index contributed by atoms with van der Waals surface area (Å²) < 4.78 is 0. The van der Waals surface area contributed by atoms with Crippen molar-refractivity contribution in [3.8, 4) is 0 Å². The fourth-order valence-electron chi connectivity index (χ4n) is 0.563. The molecule has 0 fully saturated rings. The number of hydrogen-bond donors (Lipinski definition) is 4. The second-order valence-corrected chi connectivity index (χ2v) is 3.53. The van der Waals surface area contributed by atoms with Crippen molar-refractivity contribution in [3.05, 3.63) is 0 Å². The average Bonchev–Trinajstić information content (AvgIpc) is 1.98. The zero-order chi connectivity index (χ0) is 9.72. The summed E-state index contributed by atoms with van der Waals surface area (Å²) in [5, 5.41) is 15.2. The fourth-order valence-corrected chi connectivity index (χ4v) is 0.861. The van der Waals surface area contributed by atoms with Crippen molar-refractivity contribution in [3.63, 3.8) is 0 Å². The smallest absolute Gasteiger partial charge is 0.316 e. The molecule has 1 radical (unpaired) electrons. The van der Waals surface area contributed by atoms with E-state index in [1.807, 2.05) is 0 Å². The van der Waals surface area contributed by atoms with Crippen LogP contribution in [0, 0.1) is 0 Å². The van der Waals surface area contributed by atoms with Gasteiger partial charge in [0.15, 0.2) is 0 Å². The first-order chi connectivity index (χ1) is 5.45. The van der Waals surface area contributed by atoms with Crippen molar-refractivity contribution in [1.29, 1.82) is 0 Å². The maximum Gasteiger partial charge on any atom is 0.316 e. The molecule has 0 bridgehead atoms. The molecule has 2 atom stereocenters. The topological polar surface area (TPSA) is 74.6 Å². The second-order valence-electron chi connectivity index (χ2n) is 2.29. The Labute approximate surface area is 102 Å². The first-order valence-electron chi connectivity index (χ1n) is 3.27. The number of carboxylic acids is 2. The molecule has 2 N–H and O–H groups in total. The number of aliphatic carboxylic acids is 2. The predicted molar refractivity (Wildman–Crippen MR) is 50.1 cm³/mol. The first kappa shape index (κ1) is 15.8. The monoisotopic (exact) mass is 407 g/mol. The van der Waals surface area contributed by atoms with Crippen molar-refractivity contribution in [2.45, 2.75) is 23.3 Å². The molecule has 0 aliphatic rings. The van der Waals surface area contributed by atoms with Gasteiger partial charge in [-0.05, 0) is 12.8 Å². The average molecular weight is 407 g/mol. The van der Waals surface area contributed by atoms with Crippen molar-refractivity contribution >= 4 is 37.2 Å². The molecule has 0 saturated heterocycles. The van der Waals surface area contributed by atoms with E-state index in [1.165, 1.54) is 0 Å². The molecule has 4 nitrogen and oxygen atoms in total. The molecule has 0 aromatic carbocycles. The van der Waals surface area contributed by atoms with E-state index < -0.39 is 22.4 Å². The minimum Gasteiger partial charge on any atom is -0.480 e. The molecule has 0 aliphatic carbocycles. The van der Waals surface area contributed by atoms with Gasteiger partial charge in [-0.25, -0.2) is 0 Å². The van der Waals surface area contributed by atoms with Gasteiger partial charge in [0.1, 0.15) is 0 Å². The van der Waals surface area contributed by atoms with Gasteiger partial charge in [-0.1, -0.05) is 0 Å². The van der Waals surface area contributed by atoms with Crippen LogP contribution in [0.5, 0.6) is 0 Å². The summed E-state index contributed by atoms with van der Waals surface area (Å²) in [5.74, 6) is -2.08. The van der Waals surface area contributed by atoms with E-state index >= 15 is 0 Å². The van der Waals surface area contributed by atoms with Crippen LogP contribution in [0.1, 0.15) is 12.8 Å². The van der Waals surface area contributed by atoms with E-state index in [4.69, 9.17) is 10.2 Å².